The van der Waals surface area contributed by atoms with E-state index in [4.69, 9.17) is 4.18 Å². The largest absolute Gasteiger partial charge is 0.380 e. The van der Waals surface area contributed by atoms with Crippen LogP contribution in [0.3, 0.4) is 0 Å². The molecular formula is C27H26O3PS+. The maximum Gasteiger partial charge on any atom is 0.357 e. The molecule has 0 heterocycles. The molecule has 0 aromatic heterocycles. The maximum absolute atomic E-state index is 11.2. The molecule has 3 nitrogen and oxygen atoms in total. The third kappa shape index (κ3) is 4.27. The van der Waals surface area contributed by atoms with Crippen LogP contribution in [-0.2, 0) is 11.4 Å². The molecule has 4 aromatic carbocycles. The molecule has 5 heteroatoms. The van der Waals surface area contributed by atoms with E-state index in [1.807, 2.05) is 24.3 Å². The highest BCUT2D eigenvalue weighted by atomic mass is 32.2. The first-order chi connectivity index (χ1) is 15.5. The van der Waals surface area contributed by atoms with Crippen LogP contribution in [0.5, 0.6) is 5.75 Å². The van der Waals surface area contributed by atoms with E-state index in [-0.39, 0.29) is 0 Å². The topological polar surface area (TPSA) is 46.5 Å². The molecule has 162 valence electrons. The summed E-state index contributed by atoms with van der Waals surface area (Å²) >= 11 is -2.36. The van der Waals surface area contributed by atoms with E-state index >= 15 is 0 Å². The van der Waals surface area contributed by atoms with Gasteiger partial charge in [0, 0.05) is 5.56 Å². The average Bonchev–Trinajstić information content (AvgIpc) is 2.81. The van der Waals surface area contributed by atoms with Crippen molar-refractivity contribution in [3.05, 3.63) is 109 Å². The van der Waals surface area contributed by atoms with Crippen molar-refractivity contribution in [1.29, 1.82) is 0 Å². The van der Waals surface area contributed by atoms with Crippen molar-refractivity contribution in [2.45, 2.75) is 19.5 Å². The Hall–Kier alpha value is -2.78. The number of hydrogen-bond acceptors (Lipinski definition) is 2. The smallest absolute Gasteiger partial charge is 0.357 e. The lowest BCUT2D eigenvalue weighted by atomic mass is 10.1. The molecule has 0 saturated heterocycles. The zero-order valence-corrected chi connectivity index (χ0v) is 19.8. The fourth-order valence-electron chi connectivity index (χ4n) is 4.45. The number of rotatable bonds is 7. The van der Waals surface area contributed by atoms with Crippen LogP contribution < -0.4 is 20.1 Å². The van der Waals surface area contributed by atoms with Gasteiger partial charge in [0.1, 0.15) is 28.9 Å². The van der Waals surface area contributed by atoms with Gasteiger partial charge in [0.25, 0.3) is 0 Å². The summed E-state index contributed by atoms with van der Waals surface area (Å²) in [7, 11) is -2.02. The summed E-state index contributed by atoms with van der Waals surface area (Å²) in [6, 6.07) is 37.5. The molecule has 32 heavy (non-hydrogen) atoms. The third-order valence-corrected chi connectivity index (χ3v) is 11.0. The van der Waals surface area contributed by atoms with Gasteiger partial charge in [-0.2, -0.15) is 4.21 Å². The summed E-state index contributed by atoms with van der Waals surface area (Å²) in [5, 5.41) is 3.95. The second-order valence-corrected chi connectivity index (χ2v) is 12.4. The molecule has 1 N–H and O–H groups in total. The van der Waals surface area contributed by atoms with Gasteiger partial charge in [-0.05, 0) is 61.9 Å². The van der Waals surface area contributed by atoms with Gasteiger partial charge in [0.15, 0.2) is 0 Å². The maximum atomic E-state index is 11.2. The Balaban J connectivity index is 2.02. The SMILES string of the molecule is CC(C)[P+](c1ccccc1)(c1ccccc1)c1ccccc1-c1cccc(OS(=O)O)c1. The molecule has 0 aliphatic heterocycles. The van der Waals surface area contributed by atoms with Crippen LogP contribution >= 0.6 is 7.26 Å². The van der Waals surface area contributed by atoms with Crippen LogP contribution in [0.2, 0.25) is 0 Å². The van der Waals surface area contributed by atoms with Crippen molar-refractivity contribution in [1.82, 2.24) is 0 Å². The summed E-state index contributed by atoms with van der Waals surface area (Å²) in [5.41, 5.74) is 2.43. The van der Waals surface area contributed by atoms with Crippen LogP contribution in [0.4, 0.5) is 0 Å². The number of hydrogen-bond donors (Lipinski definition) is 1. The minimum atomic E-state index is -2.36. The van der Waals surface area contributed by atoms with Gasteiger partial charge in [-0.1, -0.05) is 66.7 Å². The quantitative estimate of drug-likeness (QED) is 0.289. The Labute approximate surface area is 192 Å². The Morgan fingerprint density at radius 2 is 1.31 bits per heavy atom. The van der Waals surface area contributed by atoms with Gasteiger partial charge in [0.05, 0.1) is 5.66 Å². The zero-order valence-electron chi connectivity index (χ0n) is 18.1. The molecule has 0 spiro atoms. The van der Waals surface area contributed by atoms with E-state index < -0.39 is 18.6 Å². The van der Waals surface area contributed by atoms with Gasteiger partial charge in [-0.3, -0.25) is 4.55 Å². The highest BCUT2D eigenvalue weighted by Gasteiger charge is 2.49. The highest BCUT2D eigenvalue weighted by Crippen LogP contribution is 2.60. The average molecular weight is 462 g/mol. The zero-order chi connectivity index (χ0) is 22.6. The Morgan fingerprint density at radius 3 is 1.88 bits per heavy atom. The first-order valence-corrected chi connectivity index (χ1v) is 13.4. The summed E-state index contributed by atoms with van der Waals surface area (Å²) in [6.45, 7) is 4.61. The Morgan fingerprint density at radius 1 is 0.750 bits per heavy atom. The molecule has 0 aliphatic carbocycles. The molecule has 4 rings (SSSR count). The second kappa shape index (κ2) is 9.79. The van der Waals surface area contributed by atoms with E-state index in [1.54, 1.807) is 6.07 Å². The van der Waals surface area contributed by atoms with Gasteiger partial charge < -0.3 is 4.18 Å². The fourth-order valence-corrected chi connectivity index (χ4v) is 9.51. The van der Waals surface area contributed by atoms with Crippen molar-refractivity contribution in [3.63, 3.8) is 0 Å². The standard InChI is InChI=1S/C27H25O3PS/c1-21(2)31(24-14-5-3-6-15-24,25-16-7-4-8-17-25)27-19-10-9-18-26(27)22-12-11-13-23(20-22)30-32(28)29/h3-21H,1-2H3/p+1. The minimum absolute atomic E-state index is 0.359. The van der Waals surface area contributed by atoms with Crippen molar-refractivity contribution in [2.75, 3.05) is 0 Å². The molecule has 1 unspecified atom stereocenters. The molecule has 4 aromatic rings. The number of benzene rings is 4. The lowest BCUT2D eigenvalue weighted by Crippen LogP contribution is -2.37. The van der Waals surface area contributed by atoms with E-state index in [0.717, 1.165) is 11.1 Å². The monoisotopic (exact) mass is 461 g/mol. The van der Waals surface area contributed by atoms with E-state index in [9.17, 15) is 8.76 Å². The molecule has 1 atom stereocenters. The van der Waals surface area contributed by atoms with Gasteiger partial charge in [-0.25, -0.2) is 0 Å². The summed E-state index contributed by atoms with van der Waals surface area (Å²) in [5.74, 6) is 0.367. The van der Waals surface area contributed by atoms with Crippen LogP contribution in [-0.4, -0.2) is 14.4 Å². The van der Waals surface area contributed by atoms with Crippen LogP contribution in [0, 0.1) is 0 Å². The van der Waals surface area contributed by atoms with Crippen molar-refractivity contribution >= 4 is 34.5 Å². The normalized spacial score (nSPS) is 12.5. The van der Waals surface area contributed by atoms with Crippen molar-refractivity contribution in [3.8, 4) is 16.9 Å². The van der Waals surface area contributed by atoms with Crippen LogP contribution in [0.1, 0.15) is 13.8 Å². The molecule has 0 saturated carbocycles. The van der Waals surface area contributed by atoms with Gasteiger partial charge >= 0.3 is 11.4 Å². The molecular weight excluding hydrogens is 435 g/mol. The summed E-state index contributed by atoms with van der Waals surface area (Å²) in [4.78, 5) is 0. The third-order valence-electron chi connectivity index (χ3n) is 5.70. The fraction of sp³-hybridized carbons (Fsp3) is 0.111. The van der Waals surface area contributed by atoms with E-state index in [1.165, 1.54) is 15.9 Å². The summed E-state index contributed by atoms with van der Waals surface area (Å²) in [6.07, 6.45) is 0. The first-order valence-electron chi connectivity index (χ1n) is 10.5. The molecule has 0 fully saturated rings. The first kappa shape index (κ1) is 22.4. The van der Waals surface area contributed by atoms with Gasteiger partial charge in [-0.15, -0.1) is 0 Å². The predicted octanol–water partition coefficient (Wildman–Crippen LogP) is 5.57. The molecule has 0 aliphatic rings. The Kier molecular flexibility index (Phi) is 6.86. The van der Waals surface area contributed by atoms with Crippen molar-refractivity contribution in [2.24, 2.45) is 0 Å². The lowest BCUT2D eigenvalue weighted by Gasteiger charge is -2.32. The van der Waals surface area contributed by atoms with Gasteiger partial charge in [0.2, 0.25) is 0 Å². The predicted molar refractivity (Wildman–Crippen MR) is 137 cm³/mol. The minimum Gasteiger partial charge on any atom is -0.380 e. The Bertz CT molecular complexity index is 1170. The van der Waals surface area contributed by atoms with E-state index in [0.29, 0.717) is 11.4 Å². The highest BCUT2D eigenvalue weighted by molar-refractivity contribution is 7.96. The lowest BCUT2D eigenvalue weighted by molar-refractivity contribution is 0.458. The second-order valence-electron chi connectivity index (χ2n) is 7.83. The van der Waals surface area contributed by atoms with Crippen LogP contribution in [0.15, 0.2) is 109 Å². The molecule has 0 amide bonds. The molecule has 0 bridgehead atoms. The van der Waals surface area contributed by atoms with Crippen LogP contribution in [0.25, 0.3) is 11.1 Å². The summed E-state index contributed by atoms with van der Waals surface area (Å²) < 4.78 is 25.4. The molecule has 0 radical (unpaired) electrons. The van der Waals surface area contributed by atoms with E-state index in [2.05, 4.69) is 92.7 Å². The van der Waals surface area contributed by atoms with Crippen molar-refractivity contribution < 1.29 is 12.9 Å².